The molecular formula is C45H30N2O. The number of aromatic nitrogens is 2. The Hall–Kier alpha value is -6.06. The molecule has 3 heteroatoms. The van der Waals surface area contributed by atoms with Gasteiger partial charge >= 0.3 is 0 Å². The molecule has 1 atom stereocenters. The van der Waals surface area contributed by atoms with Crippen LogP contribution in [-0.4, -0.2) is 9.13 Å². The molecule has 0 saturated carbocycles. The molecule has 0 saturated heterocycles. The minimum Gasteiger partial charge on any atom is -0.456 e. The van der Waals surface area contributed by atoms with Crippen LogP contribution in [0.4, 0.5) is 0 Å². The average Bonchev–Trinajstić information content (AvgIpc) is 3.86. The maximum atomic E-state index is 8.73. The van der Waals surface area contributed by atoms with E-state index in [4.69, 9.17) is 8.53 Å². The normalized spacial score (nSPS) is 17.0. The van der Waals surface area contributed by atoms with Crippen molar-refractivity contribution in [2.45, 2.75) is 19.2 Å². The summed E-state index contributed by atoms with van der Waals surface area (Å²) in [6.45, 7) is -0.353. The molecule has 0 aliphatic heterocycles. The Labute approximate surface area is 281 Å². The molecule has 0 amide bonds. The van der Waals surface area contributed by atoms with Crippen LogP contribution in [0.5, 0.6) is 0 Å². The van der Waals surface area contributed by atoms with Crippen molar-refractivity contribution in [3.8, 4) is 22.5 Å². The molecule has 0 radical (unpaired) electrons. The molecule has 0 fully saturated rings. The molecule has 1 aliphatic rings. The van der Waals surface area contributed by atoms with Crippen molar-refractivity contribution in [3.05, 3.63) is 157 Å². The number of para-hydroxylation sites is 3. The first-order chi connectivity index (χ1) is 24.8. The van der Waals surface area contributed by atoms with E-state index in [-0.39, 0.29) is 0 Å². The summed E-state index contributed by atoms with van der Waals surface area (Å²) >= 11 is 0. The number of furan rings is 1. The molecule has 3 nitrogen and oxygen atoms in total. The highest BCUT2D eigenvalue weighted by molar-refractivity contribution is 6.29. The minimum absolute atomic E-state index is 0.839. The van der Waals surface area contributed by atoms with Crippen molar-refractivity contribution in [3.63, 3.8) is 0 Å². The Kier molecular flexibility index (Phi) is 4.39. The maximum Gasteiger partial charge on any atom is 0.137 e. The molecule has 3 aromatic heterocycles. The van der Waals surface area contributed by atoms with E-state index in [0.29, 0.717) is 0 Å². The highest BCUT2D eigenvalue weighted by Crippen LogP contribution is 2.50. The Morgan fingerprint density at radius 1 is 0.479 bits per heavy atom. The van der Waals surface area contributed by atoms with Crippen molar-refractivity contribution >= 4 is 65.6 Å². The number of nitrogens with zero attached hydrogens (tertiary/aromatic N) is 2. The summed E-state index contributed by atoms with van der Waals surface area (Å²) in [5, 5.41) is 6.90. The third kappa shape index (κ3) is 3.23. The standard InChI is InChI=1S/C45H30N2O/c1-45(2)35-15-7-3-11-29(35)30-21-19-27(25-36(30)45)46-37-16-8-4-13-33(37)43-39(46)23-24-40-44(43)34-14-5-9-17-38(34)47(40)28-20-22-32-31-12-6-10-18-41(31)48-42(32)26-28/h3-26H,1-2H3/i1D3. The van der Waals surface area contributed by atoms with Crippen molar-refractivity contribution in [2.75, 3.05) is 0 Å². The smallest absolute Gasteiger partial charge is 0.137 e. The van der Waals surface area contributed by atoms with Gasteiger partial charge in [-0.05, 0) is 76.9 Å². The molecule has 0 spiro atoms. The van der Waals surface area contributed by atoms with E-state index in [1.165, 1.54) is 16.2 Å². The molecule has 1 unspecified atom stereocenters. The SMILES string of the molecule is [2H]C([2H])([2H])C1(C)c2ccccc2-c2ccc(-n3c4ccccc4c4c5c6ccccc6n(-c6ccc7c(c6)oc6ccccc67)c5ccc43)cc21. The number of hydrogen-bond donors (Lipinski definition) is 0. The van der Waals surface area contributed by atoms with Gasteiger partial charge < -0.3 is 13.6 Å². The lowest BCUT2D eigenvalue weighted by Crippen LogP contribution is -2.15. The molecule has 48 heavy (non-hydrogen) atoms. The van der Waals surface area contributed by atoms with Gasteiger partial charge in [0.2, 0.25) is 0 Å². The van der Waals surface area contributed by atoms with Crippen LogP contribution in [0.1, 0.15) is 29.0 Å². The molecule has 11 rings (SSSR count). The van der Waals surface area contributed by atoms with Crippen molar-refractivity contribution in [1.29, 1.82) is 0 Å². The number of hydrogen-bond acceptors (Lipinski definition) is 1. The lowest BCUT2D eigenvalue weighted by molar-refractivity contribution is 0.660. The number of benzene rings is 7. The molecule has 1 aliphatic carbocycles. The molecule has 7 aromatic carbocycles. The van der Waals surface area contributed by atoms with Crippen LogP contribution >= 0.6 is 0 Å². The largest absolute Gasteiger partial charge is 0.456 e. The van der Waals surface area contributed by atoms with E-state index in [1.54, 1.807) is 0 Å². The van der Waals surface area contributed by atoms with Gasteiger partial charge in [-0.25, -0.2) is 0 Å². The van der Waals surface area contributed by atoms with Crippen LogP contribution in [0.2, 0.25) is 0 Å². The second-order valence-corrected chi connectivity index (χ2v) is 13.2. The molecule has 10 aromatic rings. The summed E-state index contributed by atoms with van der Waals surface area (Å²) in [6, 6.07) is 50.6. The number of rotatable bonds is 2. The van der Waals surface area contributed by atoms with Crippen LogP contribution < -0.4 is 0 Å². The third-order valence-corrected chi connectivity index (χ3v) is 10.6. The van der Waals surface area contributed by atoms with E-state index >= 15 is 0 Å². The second kappa shape index (κ2) is 9.05. The maximum absolute atomic E-state index is 8.73. The monoisotopic (exact) mass is 617 g/mol. The van der Waals surface area contributed by atoms with Crippen molar-refractivity contribution in [1.82, 2.24) is 9.13 Å². The lowest BCUT2D eigenvalue weighted by atomic mass is 9.82. The molecule has 3 heterocycles. The average molecular weight is 618 g/mol. The van der Waals surface area contributed by atoms with E-state index in [0.717, 1.165) is 83.0 Å². The Morgan fingerprint density at radius 3 is 1.77 bits per heavy atom. The first-order valence-corrected chi connectivity index (χ1v) is 16.4. The fourth-order valence-electron chi connectivity index (χ4n) is 8.55. The van der Waals surface area contributed by atoms with E-state index in [9.17, 15) is 0 Å². The zero-order valence-electron chi connectivity index (χ0n) is 29.2. The molecule has 0 N–H and O–H groups in total. The summed E-state index contributed by atoms with van der Waals surface area (Å²) in [5.74, 6) is 0. The first kappa shape index (κ1) is 23.3. The summed E-state index contributed by atoms with van der Waals surface area (Å²) in [5.41, 5.74) is 10.7. The zero-order chi connectivity index (χ0) is 34.2. The molecule has 0 bridgehead atoms. The summed E-state index contributed by atoms with van der Waals surface area (Å²) in [7, 11) is 0. The van der Waals surface area contributed by atoms with Crippen LogP contribution in [-0.2, 0) is 5.41 Å². The van der Waals surface area contributed by atoms with E-state index in [1.807, 2.05) is 49.4 Å². The Morgan fingerprint density at radius 2 is 1.04 bits per heavy atom. The van der Waals surface area contributed by atoms with Crippen molar-refractivity contribution in [2.24, 2.45) is 0 Å². The van der Waals surface area contributed by atoms with Crippen LogP contribution in [0.3, 0.4) is 0 Å². The summed E-state index contributed by atoms with van der Waals surface area (Å²) in [4.78, 5) is 0. The van der Waals surface area contributed by atoms with E-state index in [2.05, 4.69) is 112 Å². The minimum atomic E-state index is -2.23. The number of fused-ring (bicyclic) bond motifs is 13. The first-order valence-electron chi connectivity index (χ1n) is 17.9. The van der Waals surface area contributed by atoms with Gasteiger partial charge in [0, 0.05) is 59.3 Å². The Balaban J connectivity index is 1.20. The predicted octanol–water partition coefficient (Wildman–Crippen LogP) is 12.1. The van der Waals surface area contributed by atoms with Gasteiger partial charge in [0.25, 0.3) is 0 Å². The van der Waals surface area contributed by atoms with Crippen molar-refractivity contribution < 1.29 is 8.53 Å². The lowest BCUT2D eigenvalue weighted by Gasteiger charge is -2.22. The topological polar surface area (TPSA) is 23.0 Å². The highest BCUT2D eigenvalue weighted by atomic mass is 16.3. The van der Waals surface area contributed by atoms with E-state index < -0.39 is 12.3 Å². The molecular weight excluding hydrogens is 585 g/mol. The van der Waals surface area contributed by atoms with Gasteiger partial charge in [-0.1, -0.05) is 98.7 Å². The third-order valence-electron chi connectivity index (χ3n) is 10.6. The van der Waals surface area contributed by atoms with Gasteiger partial charge in [0.1, 0.15) is 11.2 Å². The van der Waals surface area contributed by atoms with Gasteiger partial charge in [-0.2, -0.15) is 0 Å². The van der Waals surface area contributed by atoms with Crippen LogP contribution in [0.15, 0.2) is 150 Å². The fraction of sp³-hybridized carbons (Fsp3) is 0.0667. The predicted molar refractivity (Wildman–Crippen MR) is 200 cm³/mol. The van der Waals surface area contributed by atoms with Crippen LogP contribution in [0, 0.1) is 0 Å². The quantitative estimate of drug-likeness (QED) is 0.189. The van der Waals surface area contributed by atoms with Gasteiger partial charge in [0.15, 0.2) is 0 Å². The second-order valence-electron chi connectivity index (χ2n) is 13.2. The van der Waals surface area contributed by atoms with Gasteiger partial charge in [0.05, 0.1) is 22.1 Å². The van der Waals surface area contributed by atoms with Gasteiger partial charge in [-0.15, -0.1) is 0 Å². The molecule has 226 valence electrons. The summed E-state index contributed by atoms with van der Waals surface area (Å²) < 4.78 is 37.2. The summed E-state index contributed by atoms with van der Waals surface area (Å²) in [6.07, 6.45) is 0. The fourth-order valence-corrected chi connectivity index (χ4v) is 8.55. The van der Waals surface area contributed by atoms with Gasteiger partial charge in [-0.3, -0.25) is 0 Å². The zero-order valence-corrected chi connectivity index (χ0v) is 26.2. The highest BCUT2D eigenvalue weighted by Gasteiger charge is 2.35. The Bertz CT molecular complexity index is 3100. The van der Waals surface area contributed by atoms with Crippen LogP contribution in [0.25, 0.3) is 88.1 Å².